The number of aromatic nitrogens is 2. The second kappa shape index (κ2) is 7.00. The second-order valence-electron chi connectivity index (χ2n) is 5.46. The van der Waals surface area contributed by atoms with E-state index >= 15 is 0 Å². The summed E-state index contributed by atoms with van der Waals surface area (Å²) in [4.78, 5) is 10.2. The zero-order valence-corrected chi connectivity index (χ0v) is 15.4. The lowest BCUT2D eigenvalue weighted by Crippen LogP contribution is -2.04. The first-order chi connectivity index (χ1) is 12.2. The Morgan fingerprint density at radius 3 is 2.48 bits per heavy atom. The Kier molecular flexibility index (Phi) is 4.57. The van der Waals surface area contributed by atoms with Crippen LogP contribution in [-0.4, -0.2) is 9.97 Å². The molecular formula is C19H13Cl2N3S. The fourth-order valence-electron chi connectivity index (χ4n) is 2.59. The molecule has 25 heavy (non-hydrogen) atoms. The maximum atomic E-state index is 6.26. The monoisotopic (exact) mass is 385 g/mol. The average molecular weight is 386 g/mol. The van der Waals surface area contributed by atoms with E-state index in [1.807, 2.05) is 60.0 Å². The van der Waals surface area contributed by atoms with Crippen molar-refractivity contribution in [2.45, 2.75) is 6.54 Å². The molecule has 0 aliphatic heterocycles. The third-order valence-corrected chi connectivity index (χ3v) is 5.53. The van der Waals surface area contributed by atoms with E-state index in [4.69, 9.17) is 28.2 Å². The lowest BCUT2D eigenvalue weighted by atomic mass is 10.2. The summed E-state index contributed by atoms with van der Waals surface area (Å²) in [6.07, 6.45) is 0. The van der Waals surface area contributed by atoms with Gasteiger partial charge in [0.2, 0.25) is 0 Å². The number of fused-ring (bicyclic) bond motifs is 1. The number of thiophene rings is 1. The summed E-state index contributed by atoms with van der Waals surface area (Å²) in [7, 11) is 0. The van der Waals surface area contributed by atoms with Gasteiger partial charge in [0.05, 0.1) is 15.4 Å². The Balaban J connectivity index is 1.76. The van der Waals surface area contributed by atoms with Crippen molar-refractivity contribution < 1.29 is 0 Å². The van der Waals surface area contributed by atoms with Crippen LogP contribution in [0.4, 0.5) is 5.82 Å². The highest BCUT2D eigenvalue weighted by atomic mass is 35.5. The molecule has 0 saturated heterocycles. The molecule has 0 spiro atoms. The van der Waals surface area contributed by atoms with Gasteiger partial charge in [-0.2, -0.15) is 0 Å². The smallest absolute Gasteiger partial charge is 0.173 e. The van der Waals surface area contributed by atoms with Gasteiger partial charge in [-0.05, 0) is 35.2 Å². The molecule has 2 heterocycles. The van der Waals surface area contributed by atoms with Crippen molar-refractivity contribution >= 4 is 51.3 Å². The van der Waals surface area contributed by atoms with Crippen molar-refractivity contribution in [2.75, 3.05) is 5.32 Å². The van der Waals surface area contributed by atoms with E-state index in [1.165, 1.54) is 11.3 Å². The number of para-hydroxylation sites is 1. The van der Waals surface area contributed by atoms with Crippen LogP contribution in [0.5, 0.6) is 0 Å². The molecule has 0 fully saturated rings. The summed E-state index contributed by atoms with van der Waals surface area (Å²) >= 11 is 14.0. The summed E-state index contributed by atoms with van der Waals surface area (Å²) in [6.45, 7) is 0.582. The SMILES string of the molecule is Clc1ccccc1CNc1nc(-c2sccc2Cl)nc2ccccc12. The van der Waals surface area contributed by atoms with Crippen LogP contribution in [0.15, 0.2) is 60.0 Å². The minimum absolute atomic E-state index is 0.582. The molecule has 3 nitrogen and oxygen atoms in total. The van der Waals surface area contributed by atoms with Crippen LogP contribution in [0.1, 0.15) is 5.56 Å². The lowest BCUT2D eigenvalue weighted by Gasteiger charge is -2.11. The first-order valence-corrected chi connectivity index (χ1v) is 9.33. The molecule has 0 aliphatic rings. The van der Waals surface area contributed by atoms with Crippen molar-refractivity contribution in [1.82, 2.24) is 9.97 Å². The van der Waals surface area contributed by atoms with Crippen LogP contribution in [0.3, 0.4) is 0 Å². The molecule has 124 valence electrons. The Morgan fingerprint density at radius 2 is 1.68 bits per heavy atom. The van der Waals surface area contributed by atoms with Crippen LogP contribution in [0.2, 0.25) is 10.0 Å². The summed E-state index contributed by atoms with van der Waals surface area (Å²) in [5, 5.41) is 7.69. The third kappa shape index (κ3) is 3.33. The highest BCUT2D eigenvalue weighted by Gasteiger charge is 2.13. The number of hydrogen-bond donors (Lipinski definition) is 1. The number of nitrogens with zero attached hydrogens (tertiary/aromatic N) is 2. The molecule has 1 N–H and O–H groups in total. The predicted molar refractivity (Wildman–Crippen MR) is 107 cm³/mol. The number of rotatable bonds is 4. The number of halogens is 2. The highest BCUT2D eigenvalue weighted by Crippen LogP contribution is 2.33. The Hall–Kier alpha value is -2.14. The van der Waals surface area contributed by atoms with Gasteiger partial charge in [0.25, 0.3) is 0 Å². The number of anilines is 1. The third-order valence-electron chi connectivity index (χ3n) is 3.83. The van der Waals surface area contributed by atoms with Crippen LogP contribution >= 0.6 is 34.5 Å². The van der Waals surface area contributed by atoms with Gasteiger partial charge in [-0.15, -0.1) is 11.3 Å². The van der Waals surface area contributed by atoms with Crippen LogP contribution in [0, 0.1) is 0 Å². The van der Waals surface area contributed by atoms with E-state index < -0.39 is 0 Å². The molecule has 0 aliphatic carbocycles. The second-order valence-corrected chi connectivity index (χ2v) is 7.19. The number of hydrogen-bond acceptors (Lipinski definition) is 4. The maximum absolute atomic E-state index is 6.26. The van der Waals surface area contributed by atoms with E-state index in [-0.39, 0.29) is 0 Å². The quantitative estimate of drug-likeness (QED) is 0.449. The molecule has 0 radical (unpaired) electrons. The van der Waals surface area contributed by atoms with E-state index in [0.717, 1.165) is 32.2 Å². The van der Waals surface area contributed by atoms with E-state index in [0.29, 0.717) is 17.4 Å². The molecule has 6 heteroatoms. The minimum Gasteiger partial charge on any atom is -0.365 e. The molecule has 0 saturated carbocycles. The molecule has 0 bridgehead atoms. The maximum Gasteiger partial charge on any atom is 0.173 e. The summed E-state index contributed by atoms with van der Waals surface area (Å²) < 4.78 is 0. The van der Waals surface area contributed by atoms with Crippen molar-refractivity contribution in [3.63, 3.8) is 0 Å². The van der Waals surface area contributed by atoms with Gasteiger partial charge in [-0.3, -0.25) is 0 Å². The molecule has 0 atom stereocenters. The average Bonchev–Trinajstić information content (AvgIpc) is 3.06. The molecule has 4 aromatic rings. The molecule has 2 aromatic heterocycles. The van der Waals surface area contributed by atoms with Crippen molar-refractivity contribution in [3.8, 4) is 10.7 Å². The zero-order chi connectivity index (χ0) is 17.2. The normalized spacial score (nSPS) is 11.0. The van der Waals surface area contributed by atoms with Crippen molar-refractivity contribution in [2.24, 2.45) is 0 Å². The van der Waals surface area contributed by atoms with Crippen LogP contribution < -0.4 is 5.32 Å². The van der Waals surface area contributed by atoms with Crippen LogP contribution in [0.25, 0.3) is 21.6 Å². The molecule has 2 aromatic carbocycles. The summed E-state index contributed by atoms with van der Waals surface area (Å²) in [6, 6.07) is 17.5. The Labute approximate surface area is 159 Å². The summed E-state index contributed by atoms with van der Waals surface area (Å²) in [5.41, 5.74) is 1.89. The molecule has 4 rings (SSSR count). The Morgan fingerprint density at radius 1 is 0.880 bits per heavy atom. The van der Waals surface area contributed by atoms with Gasteiger partial charge < -0.3 is 5.32 Å². The highest BCUT2D eigenvalue weighted by molar-refractivity contribution is 7.14. The first kappa shape index (κ1) is 16.3. The van der Waals surface area contributed by atoms with Crippen molar-refractivity contribution in [1.29, 1.82) is 0 Å². The van der Waals surface area contributed by atoms with E-state index in [1.54, 1.807) is 0 Å². The number of benzene rings is 2. The van der Waals surface area contributed by atoms with Gasteiger partial charge in [0.1, 0.15) is 5.82 Å². The van der Waals surface area contributed by atoms with E-state index in [2.05, 4.69) is 10.3 Å². The van der Waals surface area contributed by atoms with Gasteiger partial charge in [-0.25, -0.2) is 9.97 Å². The zero-order valence-electron chi connectivity index (χ0n) is 13.0. The minimum atomic E-state index is 0.582. The first-order valence-electron chi connectivity index (χ1n) is 7.70. The molecule has 0 unspecified atom stereocenters. The molecule has 0 amide bonds. The predicted octanol–water partition coefficient (Wildman–Crippen LogP) is 6.28. The fraction of sp³-hybridized carbons (Fsp3) is 0.0526. The molecular weight excluding hydrogens is 373 g/mol. The van der Waals surface area contributed by atoms with Crippen LogP contribution in [-0.2, 0) is 6.54 Å². The largest absolute Gasteiger partial charge is 0.365 e. The Bertz CT molecular complexity index is 1050. The summed E-state index contributed by atoms with van der Waals surface area (Å²) in [5.74, 6) is 1.39. The number of nitrogens with one attached hydrogen (secondary N) is 1. The van der Waals surface area contributed by atoms with E-state index in [9.17, 15) is 0 Å². The fourth-order valence-corrected chi connectivity index (χ4v) is 3.86. The van der Waals surface area contributed by atoms with Gasteiger partial charge >= 0.3 is 0 Å². The van der Waals surface area contributed by atoms with Gasteiger partial charge in [0, 0.05) is 17.0 Å². The standard InChI is InChI=1S/C19H13Cl2N3S/c20-14-7-3-1-5-12(14)11-22-18-13-6-2-4-8-16(13)23-19(24-18)17-15(21)9-10-25-17/h1-10H,11H2,(H,22,23,24). The van der Waals surface area contributed by atoms with Crippen molar-refractivity contribution in [3.05, 3.63) is 75.6 Å². The topological polar surface area (TPSA) is 37.8 Å². The van der Waals surface area contributed by atoms with Gasteiger partial charge in [-0.1, -0.05) is 53.5 Å². The van der Waals surface area contributed by atoms with Gasteiger partial charge in [0.15, 0.2) is 5.82 Å². The lowest BCUT2D eigenvalue weighted by molar-refractivity contribution is 1.11.